The molecule has 2 aliphatic rings. The Kier molecular flexibility index (Phi) is 3.45. The summed E-state index contributed by atoms with van der Waals surface area (Å²) in [5.74, 6) is 2.51. The molecule has 3 aromatic heterocycles. The highest BCUT2D eigenvalue weighted by atomic mass is 16.5. The zero-order valence-corrected chi connectivity index (χ0v) is 14.6. The number of piperidine rings is 1. The van der Waals surface area contributed by atoms with Gasteiger partial charge in [0.2, 0.25) is 0 Å². The van der Waals surface area contributed by atoms with Crippen LogP contribution in [0.1, 0.15) is 22.3 Å². The predicted molar refractivity (Wildman–Crippen MR) is 98.2 cm³/mol. The van der Waals surface area contributed by atoms with Crippen molar-refractivity contribution in [2.45, 2.75) is 13.0 Å². The maximum absolute atomic E-state index is 12.0. The van der Waals surface area contributed by atoms with Crippen LogP contribution in [0.4, 0.5) is 5.82 Å². The molecule has 0 N–H and O–H groups in total. The number of nitrogens with zero attached hydrogens (tertiary/aromatic N) is 4. The molecule has 3 aromatic rings. The van der Waals surface area contributed by atoms with E-state index in [0.29, 0.717) is 12.1 Å². The number of ether oxygens (including phenoxy) is 1. The van der Waals surface area contributed by atoms with Crippen molar-refractivity contribution < 1.29 is 9.53 Å². The molecule has 1 saturated heterocycles. The van der Waals surface area contributed by atoms with Gasteiger partial charge in [0, 0.05) is 37.1 Å². The van der Waals surface area contributed by atoms with Gasteiger partial charge in [0.05, 0.1) is 19.2 Å². The molecule has 1 saturated carbocycles. The lowest BCUT2D eigenvalue weighted by Crippen LogP contribution is -2.22. The Morgan fingerprint density at radius 3 is 2.81 bits per heavy atom. The molecule has 6 nitrogen and oxygen atoms in total. The topological polar surface area (TPSA) is 60.2 Å². The van der Waals surface area contributed by atoms with E-state index in [4.69, 9.17) is 4.74 Å². The van der Waals surface area contributed by atoms with Gasteiger partial charge in [0.25, 0.3) is 0 Å². The third-order valence-electron chi connectivity index (χ3n) is 5.50. The summed E-state index contributed by atoms with van der Waals surface area (Å²) in [7, 11) is 1.40. The molecular formula is C20H20N4O2. The van der Waals surface area contributed by atoms with Crippen LogP contribution >= 0.6 is 0 Å². The Bertz CT molecular complexity index is 969. The largest absolute Gasteiger partial charge is 0.465 e. The van der Waals surface area contributed by atoms with E-state index in [1.807, 2.05) is 29.1 Å². The van der Waals surface area contributed by atoms with Crippen LogP contribution in [0.5, 0.6) is 0 Å². The third kappa shape index (κ3) is 2.53. The van der Waals surface area contributed by atoms with Crippen molar-refractivity contribution in [2.24, 2.45) is 11.8 Å². The van der Waals surface area contributed by atoms with E-state index in [1.165, 1.54) is 13.5 Å². The number of methoxy groups -OCH3 is 1. The van der Waals surface area contributed by atoms with Crippen molar-refractivity contribution in [3.63, 3.8) is 0 Å². The minimum Gasteiger partial charge on any atom is -0.465 e. The van der Waals surface area contributed by atoms with Crippen molar-refractivity contribution in [1.82, 2.24) is 14.5 Å². The lowest BCUT2D eigenvalue weighted by atomic mass is 10.2. The normalized spacial score (nSPS) is 21.0. The van der Waals surface area contributed by atoms with Crippen LogP contribution in [-0.2, 0) is 11.3 Å². The summed E-state index contributed by atoms with van der Waals surface area (Å²) in [6, 6.07) is 7.93. The monoisotopic (exact) mass is 348 g/mol. The number of fused-ring (bicyclic) bond motifs is 2. The average Bonchev–Trinajstić information content (AvgIpc) is 3.12. The second-order valence-electron chi connectivity index (χ2n) is 7.22. The smallest absolute Gasteiger partial charge is 0.340 e. The van der Waals surface area contributed by atoms with Crippen molar-refractivity contribution in [3.05, 3.63) is 54.0 Å². The van der Waals surface area contributed by atoms with Crippen LogP contribution in [0.3, 0.4) is 0 Å². The van der Waals surface area contributed by atoms with Gasteiger partial charge in [-0.3, -0.25) is 0 Å². The van der Waals surface area contributed by atoms with E-state index in [-0.39, 0.29) is 5.97 Å². The molecule has 4 heterocycles. The highest BCUT2D eigenvalue weighted by molar-refractivity contribution is 6.03. The molecule has 6 heteroatoms. The third-order valence-corrected chi connectivity index (χ3v) is 5.50. The molecule has 1 aliphatic carbocycles. The summed E-state index contributed by atoms with van der Waals surface area (Å²) in [6.07, 6.45) is 6.86. The average molecular weight is 348 g/mol. The van der Waals surface area contributed by atoms with Gasteiger partial charge < -0.3 is 14.2 Å². The molecule has 0 bridgehead atoms. The van der Waals surface area contributed by atoms with E-state index < -0.39 is 0 Å². The van der Waals surface area contributed by atoms with Gasteiger partial charge in [-0.05, 0) is 42.0 Å². The van der Waals surface area contributed by atoms with Crippen molar-refractivity contribution in [2.75, 3.05) is 25.1 Å². The van der Waals surface area contributed by atoms with Crippen LogP contribution in [0.15, 0.2) is 42.9 Å². The predicted octanol–water partition coefficient (Wildman–Crippen LogP) is 2.72. The fourth-order valence-corrected chi connectivity index (χ4v) is 3.99. The molecule has 1 aliphatic heterocycles. The van der Waals surface area contributed by atoms with Crippen molar-refractivity contribution in [3.8, 4) is 0 Å². The lowest BCUT2D eigenvalue weighted by Gasteiger charge is -2.19. The fraction of sp³-hybridized carbons (Fsp3) is 0.350. The number of pyridine rings is 2. The van der Waals surface area contributed by atoms with Crippen LogP contribution in [0, 0.1) is 11.8 Å². The van der Waals surface area contributed by atoms with Gasteiger partial charge in [0.1, 0.15) is 11.5 Å². The zero-order valence-electron chi connectivity index (χ0n) is 14.6. The first-order valence-corrected chi connectivity index (χ1v) is 8.95. The van der Waals surface area contributed by atoms with E-state index in [9.17, 15) is 4.79 Å². The summed E-state index contributed by atoms with van der Waals surface area (Å²) in [6.45, 7) is 2.90. The maximum atomic E-state index is 12.0. The van der Waals surface area contributed by atoms with Gasteiger partial charge in [-0.15, -0.1) is 0 Å². The van der Waals surface area contributed by atoms with Crippen LogP contribution in [-0.4, -0.2) is 40.7 Å². The van der Waals surface area contributed by atoms with E-state index in [2.05, 4.69) is 27.0 Å². The highest BCUT2D eigenvalue weighted by Crippen LogP contribution is 2.45. The van der Waals surface area contributed by atoms with Crippen LogP contribution in [0.2, 0.25) is 0 Å². The number of aromatic nitrogens is 3. The molecule has 132 valence electrons. The minimum absolute atomic E-state index is 0.345. The number of rotatable bonds is 4. The molecule has 0 spiro atoms. The molecule has 0 aromatic carbocycles. The highest BCUT2D eigenvalue weighted by Gasteiger charge is 2.45. The molecule has 2 atom stereocenters. The van der Waals surface area contributed by atoms with Gasteiger partial charge in [-0.2, -0.15) is 0 Å². The molecule has 0 amide bonds. The Labute approximate surface area is 151 Å². The van der Waals surface area contributed by atoms with Gasteiger partial charge in [0.15, 0.2) is 0 Å². The van der Waals surface area contributed by atoms with Gasteiger partial charge in [-0.25, -0.2) is 14.8 Å². The number of carbonyl (C=O) groups is 1. The van der Waals surface area contributed by atoms with Crippen molar-refractivity contribution >= 4 is 22.8 Å². The summed E-state index contributed by atoms with van der Waals surface area (Å²) in [4.78, 5) is 23.5. The maximum Gasteiger partial charge on any atom is 0.340 e. The quantitative estimate of drug-likeness (QED) is 0.679. The molecule has 0 radical (unpaired) electrons. The number of hydrogen-bond acceptors (Lipinski definition) is 5. The van der Waals surface area contributed by atoms with Gasteiger partial charge in [-0.1, -0.05) is 6.07 Å². The Balaban J connectivity index is 1.41. The first-order valence-electron chi connectivity index (χ1n) is 8.95. The number of carbonyl (C=O) groups excluding carboxylic acids is 1. The second-order valence-corrected chi connectivity index (χ2v) is 7.22. The lowest BCUT2D eigenvalue weighted by molar-refractivity contribution is 0.0602. The van der Waals surface area contributed by atoms with Crippen molar-refractivity contribution in [1.29, 1.82) is 0 Å². The summed E-state index contributed by atoms with van der Waals surface area (Å²) in [5, 5.41) is 0.806. The Morgan fingerprint density at radius 2 is 2.08 bits per heavy atom. The standard InChI is InChI=1S/C20H20N4O2/c1-26-20(25)17-12-24(19-16(17)3-2-6-21-19)9-13-4-5-18(22-8-13)23-10-14-7-15(14)11-23/h2-6,8,12,14-15H,7,9-11H2,1H3. The fourth-order valence-electron chi connectivity index (χ4n) is 3.99. The first kappa shape index (κ1) is 15.4. The molecular weight excluding hydrogens is 328 g/mol. The van der Waals surface area contributed by atoms with Crippen LogP contribution < -0.4 is 4.90 Å². The molecule has 26 heavy (non-hydrogen) atoms. The number of esters is 1. The van der Waals surface area contributed by atoms with E-state index >= 15 is 0 Å². The number of hydrogen-bond donors (Lipinski definition) is 0. The zero-order chi connectivity index (χ0) is 17.7. The Morgan fingerprint density at radius 1 is 1.23 bits per heavy atom. The van der Waals surface area contributed by atoms with Crippen LogP contribution in [0.25, 0.3) is 11.0 Å². The first-order chi connectivity index (χ1) is 12.7. The number of anilines is 1. The Hall–Kier alpha value is -2.89. The summed E-state index contributed by atoms with van der Waals surface area (Å²) < 4.78 is 6.87. The second kappa shape index (κ2) is 5.83. The molecule has 2 fully saturated rings. The summed E-state index contributed by atoms with van der Waals surface area (Å²) in [5.41, 5.74) is 2.39. The van der Waals surface area contributed by atoms with Gasteiger partial charge >= 0.3 is 5.97 Å². The molecule has 5 rings (SSSR count). The minimum atomic E-state index is -0.345. The molecule has 2 unspecified atom stereocenters. The summed E-state index contributed by atoms with van der Waals surface area (Å²) >= 11 is 0. The van der Waals surface area contributed by atoms with E-state index in [1.54, 1.807) is 6.20 Å². The SMILES string of the molecule is COC(=O)c1cn(Cc2ccc(N3CC4CC4C3)nc2)c2ncccc12. The van der Waals surface area contributed by atoms with E-state index in [0.717, 1.165) is 47.3 Å².